The number of rotatable bonds is 4. The van der Waals surface area contributed by atoms with Crippen LogP contribution in [0.3, 0.4) is 0 Å². The Morgan fingerprint density at radius 3 is 1.79 bits per heavy atom. The Balaban J connectivity index is 2.35. The molecule has 1 N–H and O–H groups in total. The number of phenols is 1. The van der Waals surface area contributed by atoms with Gasteiger partial charge in [0.1, 0.15) is 5.75 Å². The van der Waals surface area contributed by atoms with E-state index in [1.165, 1.54) is 11.1 Å². The van der Waals surface area contributed by atoms with Crippen LogP contribution in [0.4, 0.5) is 0 Å². The summed E-state index contributed by atoms with van der Waals surface area (Å²) in [5.74, 6) is 0.468. The van der Waals surface area contributed by atoms with Gasteiger partial charge in [0.25, 0.3) is 0 Å². The van der Waals surface area contributed by atoms with Crippen LogP contribution in [-0.2, 0) is 30.2 Å². The Hall–Kier alpha value is -1.70. The fraction of sp³-hybridized carbons (Fsp3) is 0.545. The van der Waals surface area contributed by atoms with E-state index in [4.69, 9.17) is 0 Å². The highest BCUT2D eigenvalue weighted by molar-refractivity contribution is 5.50. The van der Waals surface area contributed by atoms with E-state index in [0.29, 0.717) is 5.75 Å². The van der Waals surface area contributed by atoms with Crippen molar-refractivity contribution in [2.75, 3.05) is 0 Å². The van der Waals surface area contributed by atoms with Crippen LogP contribution in [0, 0.1) is 0 Å². The third-order valence-electron chi connectivity index (χ3n) is 4.66. The Labute approximate surface area is 147 Å². The number of aryl methyl sites for hydroxylation is 3. The zero-order chi connectivity index (χ0) is 18.1. The van der Waals surface area contributed by atoms with Gasteiger partial charge in [-0.05, 0) is 58.9 Å². The maximum Gasteiger partial charge on any atom is 0.123 e. The highest BCUT2D eigenvalue weighted by Gasteiger charge is 2.26. The van der Waals surface area contributed by atoms with Gasteiger partial charge in [-0.15, -0.1) is 0 Å². The summed E-state index contributed by atoms with van der Waals surface area (Å²) in [5, 5.41) is 10.8. The number of hydrogen-bond acceptors (Lipinski definition) is 1. The lowest BCUT2D eigenvalue weighted by Gasteiger charge is -2.28. The van der Waals surface area contributed by atoms with Gasteiger partial charge < -0.3 is 9.67 Å². The van der Waals surface area contributed by atoms with Gasteiger partial charge in [-0.1, -0.05) is 53.7 Å². The molecule has 0 unspecified atom stereocenters. The maximum atomic E-state index is 10.8. The third kappa shape index (κ3) is 4.23. The van der Waals surface area contributed by atoms with Crippen LogP contribution in [0.25, 0.3) is 0 Å². The average Bonchev–Trinajstić information content (AvgIpc) is 2.91. The first-order chi connectivity index (χ1) is 11.0. The molecule has 0 bridgehead atoms. The van der Waals surface area contributed by atoms with Crippen molar-refractivity contribution >= 4 is 0 Å². The molecule has 2 nitrogen and oxygen atoms in total. The Bertz CT molecular complexity index is 660. The molecule has 2 heteroatoms. The monoisotopic (exact) mass is 327 g/mol. The minimum Gasteiger partial charge on any atom is -0.507 e. The summed E-state index contributed by atoms with van der Waals surface area (Å²) < 4.78 is 2.22. The quantitative estimate of drug-likeness (QED) is 0.777. The van der Waals surface area contributed by atoms with E-state index in [-0.39, 0.29) is 10.8 Å². The van der Waals surface area contributed by atoms with E-state index in [1.807, 2.05) is 0 Å². The Kier molecular flexibility index (Phi) is 5.17. The van der Waals surface area contributed by atoms with Gasteiger partial charge in [-0.3, -0.25) is 0 Å². The molecule has 2 rings (SSSR count). The van der Waals surface area contributed by atoms with Crippen molar-refractivity contribution in [2.45, 2.75) is 78.7 Å². The number of phenolic OH excluding ortho intramolecular Hbond substituents is 1. The maximum absolute atomic E-state index is 10.8. The largest absolute Gasteiger partial charge is 0.507 e. The molecule has 0 saturated heterocycles. The predicted molar refractivity (Wildman–Crippen MR) is 103 cm³/mol. The second-order valence-electron chi connectivity index (χ2n) is 8.89. The molecule has 0 aliphatic heterocycles. The molecule has 0 atom stereocenters. The van der Waals surface area contributed by atoms with Crippen LogP contribution >= 0.6 is 0 Å². The average molecular weight is 328 g/mol. The van der Waals surface area contributed by atoms with Gasteiger partial charge in [0.2, 0.25) is 0 Å². The lowest BCUT2D eigenvalue weighted by molar-refractivity contribution is 0.422. The normalized spacial score (nSPS) is 12.6. The van der Waals surface area contributed by atoms with Crippen molar-refractivity contribution < 1.29 is 5.11 Å². The van der Waals surface area contributed by atoms with Gasteiger partial charge in [-0.25, -0.2) is 0 Å². The molecule has 132 valence electrons. The lowest BCUT2D eigenvalue weighted by Crippen LogP contribution is -2.18. The summed E-state index contributed by atoms with van der Waals surface area (Å²) in [6.07, 6.45) is 6.41. The minimum absolute atomic E-state index is 0.0639. The first kappa shape index (κ1) is 18.6. The molecule has 0 aliphatic rings. The molecule has 0 saturated carbocycles. The zero-order valence-corrected chi connectivity index (χ0v) is 16.4. The molecule has 0 spiro atoms. The van der Waals surface area contributed by atoms with Gasteiger partial charge in [0.15, 0.2) is 0 Å². The molecule has 0 fully saturated rings. The fourth-order valence-corrected chi connectivity index (χ4v) is 3.11. The summed E-state index contributed by atoms with van der Waals surface area (Å²) in [6.45, 7) is 16.2. The van der Waals surface area contributed by atoms with E-state index >= 15 is 0 Å². The van der Waals surface area contributed by atoms with Crippen molar-refractivity contribution in [3.05, 3.63) is 52.8 Å². The van der Waals surface area contributed by atoms with E-state index in [2.05, 4.69) is 83.6 Å². The standard InChI is InChI=1S/C22H33NO/c1-8-23-12-11-16(15-23)9-10-17-13-18(21(2,3)4)20(24)19(14-17)22(5,6)7/h11-15,24H,8-10H2,1-7H3. The van der Waals surface area contributed by atoms with Crippen LogP contribution in [0.15, 0.2) is 30.6 Å². The molecule has 1 aromatic carbocycles. The van der Waals surface area contributed by atoms with Gasteiger partial charge in [-0.2, -0.15) is 0 Å². The highest BCUT2D eigenvalue weighted by atomic mass is 16.3. The molecule has 1 aromatic heterocycles. The fourth-order valence-electron chi connectivity index (χ4n) is 3.11. The summed E-state index contributed by atoms with van der Waals surface area (Å²) >= 11 is 0. The minimum atomic E-state index is -0.0639. The smallest absolute Gasteiger partial charge is 0.123 e. The molecule has 0 amide bonds. The lowest BCUT2D eigenvalue weighted by atomic mass is 9.78. The predicted octanol–water partition coefficient (Wildman–Crippen LogP) is 5.59. The summed E-state index contributed by atoms with van der Waals surface area (Å²) in [6, 6.07) is 6.60. The van der Waals surface area contributed by atoms with E-state index in [1.54, 1.807) is 0 Å². The van der Waals surface area contributed by atoms with Gasteiger partial charge in [0, 0.05) is 18.9 Å². The Morgan fingerprint density at radius 2 is 1.38 bits per heavy atom. The topological polar surface area (TPSA) is 25.2 Å². The van der Waals surface area contributed by atoms with E-state index in [0.717, 1.165) is 30.5 Å². The second kappa shape index (κ2) is 6.66. The first-order valence-electron chi connectivity index (χ1n) is 9.04. The third-order valence-corrected chi connectivity index (χ3v) is 4.66. The SMILES string of the molecule is CCn1ccc(CCc2cc(C(C)(C)C)c(O)c(C(C)(C)C)c2)c1. The summed E-state index contributed by atoms with van der Waals surface area (Å²) in [5.41, 5.74) is 4.66. The number of hydrogen-bond donors (Lipinski definition) is 1. The molecular weight excluding hydrogens is 294 g/mol. The van der Waals surface area contributed by atoms with Crippen LogP contribution in [0.2, 0.25) is 0 Å². The molecule has 2 aromatic rings. The molecule has 1 heterocycles. The molecular formula is C22H33NO. The summed E-state index contributed by atoms with van der Waals surface area (Å²) in [4.78, 5) is 0. The van der Waals surface area contributed by atoms with Gasteiger partial charge in [0.05, 0.1) is 0 Å². The van der Waals surface area contributed by atoms with Crippen molar-refractivity contribution in [1.29, 1.82) is 0 Å². The number of benzene rings is 1. The van der Waals surface area contributed by atoms with Crippen molar-refractivity contribution in [3.63, 3.8) is 0 Å². The number of nitrogens with zero attached hydrogens (tertiary/aromatic N) is 1. The van der Waals surface area contributed by atoms with Crippen LogP contribution in [0.5, 0.6) is 5.75 Å². The van der Waals surface area contributed by atoms with Crippen LogP contribution < -0.4 is 0 Å². The second-order valence-corrected chi connectivity index (χ2v) is 8.89. The summed E-state index contributed by atoms with van der Waals surface area (Å²) in [7, 11) is 0. The molecule has 0 aliphatic carbocycles. The van der Waals surface area contributed by atoms with Crippen molar-refractivity contribution in [1.82, 2.24) is 4.57 Å². The van der Waals surface area contributed by atoms with Crippen molar-refractivity contribution in [2.24, 2.45) is 0 Å². The van der Waals surface area contributed by atoms with Gasteiger partial charge >= 0.3 is 0 Å². The molecule has 0 radical (unpaired) electrons. The highest BCUT2D eigenvalue weighted by Crippen LogP contribution is 2.39. The first-order valence-corrected chi connectivity index (χ1v) is 9.04. The van der Waals surface area contributed by atoms with Crippen molar-refractivity contribution in [3.8, 4) is 5.75 Å². The number of aromatic hydroxyl groups is 1. The molecule has 24 heavy (non-hydrogen) atoms. The van der Waals surface area contributed by atoms with E-state index in [9.17, 15) is 5.11 Å². The Morgan fingerprint density at radius 1 is 0.875 bits per heavy atom. The van der Waals surface area contributed by atoms with E-state index < -0.39 is 0 Å². The van der Waals surface area contributed by atoms with Crippen LogP contribution in [-0.4, -0.2) is 9.67 Å². The zero-order valence-electron chi connectivity index (χ0n) is 16.4. The van der Waals surface area contributed by atoms with Crippen LogP contribution in [0.1, 0.15) is 70.7 Å². The number of aromatic nitrogens is 1.